The monoisotopic (exact) mass is 431 g/mol. The summed E-state index contributed by atoms with van der Waals surface area (Å²) in [6.45, 7) is 0. The first-order valence-corrected chi connectivity index (χ1v) is 11.3. The molecule has 0 bridgehead atoms. The maximum atomic E-state index is 5.08. The lowest BCUT2D eigenvalue weighted by Gasteiger charge is -2.34. The predicted octanol–water partition coefficient (Wildman–Crippen LogP) is 4.46. The molecule has 3 aromatic heterocycles. The van der Waals surface area contributed by atoms with Crippen molar-refractivity contribution in [3.63, 3.8) is 0 Å². The summed E-state index contributed by atoms with van der Waals surface area (Å²) in [5.74, 6) is 0. The highest BCUT2D eigenvalue weighted by Gasteiger charge is 2.38. The van der Waals surface area contributed by atoms with Crippen LogP contribution in [0, 0.1) is 0 Å². The van der Waals surface area contributed by atoms with Gasteiger partial charge < -0.3 is 5.73 Å². The number of H-pyrrole nitrogens is 1. The minimum absolute atomic E-state index is 0.0850. The van der Waals surface area contributed by atoms with Crippen molar-refractivity contribution in [2.75, 3.05) is 0 Å². The lowest BCUT2D eigenvalue weighted by molar-refractivity contribution is -0.509. The van der Waals surface area contributed by atoms with E-state index in [0.29, 0.717) is 0 Å². The van der Waals surface area contributed by atoms with Gasteiger partial charge in [0, 0.05) is 34.9 Å². The Morgan fingerprint density at radius 1 is 0.848 bits per heavy atom. The van der Waals surface area contributed by atoms with Crippen molar-refractivity contribution in [3.8, 4) is 33.6 Å². The summed E-state index contributed by atoms with van der Waals surface area (Å²) in [6, 6.07) is 23.6. The fraction of sp³-hybridized carbons (Fsp3) is 0.143. The number of hydrogen-bond acceptors (Lipinski definition) is 3. The molecule has 0 radical (unpaired) electrons. The zero-order valence-corrected chi connectivity index (χ0v) is 18.3. The van der Waals surface area contributed by atoms with Gasteiger partial charge in [-0.05, 0) is 24.1 Å². The Labute approximate surface area is 192 Å². The molecule has 0 spiro atoms. The molecule has 1 aliphatic rings. The van der Waals surface area contributed by atoms with Gasteiger partial charge in [-0.2, -0.15) is 0 Å². The molecule has 0 aliphatic heterocycles. The number of nitrogens with one attached hydrogen (secondary N) is 1. The molecular weight excluding hydrogens is 406 g/mol. The summed E-state index contributed by atoms with van der Waals surface area (Å²) in [7, 11) is 0. The Balaban J connectivity index is 1.50. The highest BCUT2D eigenvalue weighted by Crippen LogP contribution is 2.39. The smallest absolute Gasteiger partial charge is 0.283 e. The van der Waals surface area contributed by atoms with Gasteiger partial charge in [-0.15, -0.1) is 0 Å². The molecule has 4 N–H and O–H groups in total. The van der Waals surface area contributed by atoms with Gasteiger partial charge in [0.05, 0.1) is 28.7 Å². The minimum Gasteiger partial charge on any atom is -0.349 e. The molecule has 1 aliphatic carbocycles. The Bertz CT molecular complexity index is 1430. The minimum atomic E-state index is 0.0850. The summed E-state index contributed by atoms with van der Waals surface area (Å²) in [6.07, 6.45) is 10.8. The van der Waals surface area contributed by atoms with Crippen LogP contribution in [0.3, 0.4) is 0 Å². The Morgan fingerprint density at radius 2 is 1.67 bits per heavy atom. The van der Waals surface area contributed by atoms with E-state index in [1.54, 1.807) is 6.33 Å². The molecule has 0 saturated heterocycles. The maximum Gasteiger partial charge on any atom is 0.283 e. The summed E-state index contributed by atoms with van der Waals surface area (Å²) < 4.78 is 0. The predicted molar refractivity (Wildman–Crippen MR) is 129 cm³/mol. The highest BCUT2D eigenvalue weighted by atomic mass is 14.8. The van der Waals surface area contributed by atoms with Crippen molar-refractivity contribution >= 4 is 10.9 Å². The first-order valence-electron chi connectivity index (χ1n) is 11.3. The van der Waals surface area contributed by atoms with Crippen LogP contribution in [-0.2, 0) is 5.54 Å². The van der Waals surface area contributed by atoms with E-state index in [9.17, 15) is 0 Å². The molecule has 160 valence electrons. The maximum absolute atomic E-state index is 5.08. The van der Waals surface area contributed by atoms with E-state index < -0.39 is 0 Å². The van der Waals surface area contributed by atoms with Crippen LogP contribution in [0.4, 0.5) is 0 Å². The molecule has 5 heteroatoms. The van der Waals surface area contributed by atoms with Gasteiger partial charge in [0.1, 0.15) is 11.7 Å². The molecule has 1 fully saturated rings. The third kappa shape index (κ3) is 3.56. The second kappa shape index (κ2) is 7.87. The van der Waals surface area contributed by atoms with Crippen LogP contribution in [0.2, 0.25) is 0 Å². The molecule has 3 heterocycles. The summed E-state index contributed by atoms with van der Waals surface area (Å²) >= 11 is 0. The fourth-order valence-electron chi connectivity index (χ4n) is 4.63. The van der Waals surface area contributed by atoms with Crippen LogP contribution in [0.5, 0.6) is 0 Å². The fourth-order valence-corrected chi connectivity index (χ4v) is 4.63. The van der Waals surface area contributed by atoms with E-state index in [1.807, 2.05) is 24.7 Å². The number of aromatic amines is 1. The van der Waals surface area contributed by atoms with Gasteiger partial charge in [0.15, 0.2) is 6.20 Å². The molecule has 2 aromatic carbocycles. The van der Waals surface area contributed by atoms with Crippen molar-refractivity contribution < 1.29 is 10.7 Å². The number of rotatable bonds is 4. The van der Waals surface area contributed by atoms with Gasteiger partial charge in [-0.25, -0.2) is 9.97 Å². The number of hydrogen-bond donors (Lipinski definition) is 1. The van der Waals surface area contributed by atoms with E-state index >= 15 is 0 Å². The lowest BCUT2D eigenvalue weighted by Crippen LogP contribution is -2.73. The molecule has 0 atom stereocenters. The lowest BCUT2D eigenvalue weighted by atomic mass is 9.72. The van der Waals surface area contributed by atoms with Crippen molar-refractivity contribution in [1.29, 1.82) is 0 Å². The van der Waals surface area contributed by atoms with Gasteiger partial charge in [-0.3, -0.25) is 4.98 Å². The quantitative estimate of drug-likeness (QED) is 0.456. The van der Waals surface area contributed by atoms with E-state index in [2.05, 4.69) is 81.3 Å². The molecule has 33 heavy (non-hydrogen) atoms. The van der Waals surface area contributed by atoms with Crippen LogP contribution in [-0.4, -0.2) is 15.0 Å². The largest absolute Gasteiger partial charge is 0.349 e. The van der Waals surface area contributed by atoms with E-state index in [4.69, 9.17) is 4.98 Å². The number of pyridine rings is 2. The van der Waals surface area contributed by atoms with Gasteiger partial charge in [-0.1, -0.05) is 59.6 Å². The normalized spacial score (nSPS) is 14.7. The molecule has 5 nitrogen and oxygen atoms in total. The van der Waals surface area contributed by atoms with Gasteiger partial charge in [0.2, 0.25) is 0 Å². The summed E-state index contributed by atoms with van der Waals surface area (Å²) in [4.78, 5) is 16.9. The number of fused-ring (bicyclic) bond motifs is 1. The number of nitrogens with zero attached hydrogens (tertiary/aromatic N) is 3. The van der Waals surface area contributed by atoms with Gasteiger partial charge >= 0.3 is 0 Å². The molecule has 0 unspecified atom stereocenters. The Kier molecular flexibility index (Phi) is 4.70. The third-order valence-electron chi connectivity index (χ3n) is 6.76. The first-order chi connectivity index (χ1) is 16.2. The average Bonchev–Trinajstić information content (AvgIpc) is 2.87. The van der Waals surface area contributed by atoms with Crippen LogP contribution in [0.1, 0.15) is 24.8 Å². The topological polar surface area (TPSA) is 80.5 Å². The second-order valence-electron chi connectivity index (χ2n) is 8.90. The first kappa shape index (κ1) is 19.7. The second-order valence-corrected chi connectivity index (χ2v) is 8.90. The average molecular weight is 432 g/mol. The van der Waals surface area contributed by atoms with Crippen molar-refractivity contribution in [2.45, 2.75) is 24.8 Å². The summed E-state index contributed by atoms with van der Waals surface area (Å²) in [5, 5.41) is 1.05. The number of aromatic nitrogens is 4. The highest BCUT2D eigenvalue weighted by molar-refractivity contribution is 5.92. The van der Waals surface area contributed by atoms with Crippen LogP contribution in [0.25, 0.3) is 44.5 Å². The standard InChI is InChI=1S/C28H23N5/c29-28(11-4-12-28)23-9-7-20(8-10-23)27-24(19-5-2-1-3-6-19)13-21-14-25(32-17-26(21)33-27)22-15-30-18-31-16-22/h1-3,5-10,13-18H,4,11-12,29H2/p+2. The van der Waals surface area contributed by atoms with E-state index in [1.165, 1.54) is 24.8 Å². The number of benzene rings is 2. The van der Waals surface area contributed by atoms with Gasteiger partial charge in [0.25, 0.3) is 6.33 Å². The van der Waals surface area contributed by atoms with Crippen molar-refractivity contribution in [2.24, 2.45) is 0 Å². The Morgan fingerprint density at radius 3 is 2.36 bits per heavy atom. The molecule has 5 aromatic rings. The summed E-state index contributed by atoms with van der Waals surface area (Å²) in [5.41, 5.74) is 12.9. The van der Waals surface area contributed by atoms with Crippen LogP contribution in [0.15, 0.2) is 91.6 Å². The van der Waals surface area contributed by atoms with Crippen molar-refractivity contribution in [1.82, 2.24) is 15.0 Å². The van der Waals surface area contributed by atoms with E-state index in [-0.39, 0.29) is 5.54 Å². The molecule has 0 amide bonds. The zero-order chi connectivity index (χ0) is 22.3. The molecule has 1 saturated carbocycles. The number of quaternary nitrogens is 1. The van der Waals surface area contributed by atoms with Crippen LogP contribution >= 0.6 is 0 Å². The zero-order valence-electron chi connectivity index (χ0n) is 18.3. The van der Waals surface area contributed by atoms with E-state index in [0.717, 1.165) is 44.5 Å². The Hall–Kier alpha value is -3.96. The van der Waals surface area contributed by atoms with Crippen LogP contribution < -0.4 is 10.7 Å². The molecule has 6 rings (SSSR count). The van der Waals surface area contributed by atoms with Crippen molar-refractivity contribution in [3.05, 3.63) is 97.2 Å². The third-order valence-corrected chi connectivity index (χ3v) is 6.76. The SMILES string of the molecule is [NH3+]C1(c2ccc(-c3nc4cnc(-c5cnc[nH+]c5)cc4cc3-c3ccccc3)cc2)CCC1. The molecular formula is C28H25N5+2.